The zero-order valence-electron chi connectivity index (χ0n) is 11.9. The fourth-order valence-electron chi connectivity index (χ4n) is 2.85. The Balaban J connectivity index is 1.84. The molecule has 2 rings (SSSR count). The van der Waals surface area contributed by atoms with Crippen LogP contribution in [0.3, 0.4) is 0 Å². The smallest absolute Gasteiger partial charge is 0.352 e. The normalized spacial score (nSPS) is 25.5. The first kappa shape index (κ1) is 15.4. The highest BCUT2D eigenvalue weighted by atomic mass is 19.4. The molecule has 0 amide bonds. The lowest BCUT2D eigenvalue weighted by atomic mass is 10.3. The first-order valence-electron chi connectivity index (χ1n) is 7.33. The lowest BCUT2D eigenvalue weighted by Gasteiger charge is -2.25. The molecule has 0 radical (unpaired) electrons. The Morgan fingerprint density at radius 2 is 1.95 bits per heavy atom. The Morgan fingerprint density at radius 1 is 1.25 bits per heavy atom. The summed E-state index contributed by atoms with van der Waals surface area (Å²) in [5, 5.41) is 3.34. The minimum Gasteiger partial charge on any atom is -0.352 e. The van der Waals surface area contributed by atoms with Crippen LogP contribution in [-0.4, -0.2) is 67.2 Å². The lowest BCUT2D eigenvalue weighted by Crippen LogP contribution is -2.46. The van der Waals surface area contributed by atoms with Gasteiger partial charge in [-0.1, -0.05) is 0 Å². The van der Waals surface area contributed by atoms with Gasteiger partial charge in [-0.15, -0.1) is 0 Å². The predicted octanol–water partition coefficient (Wildman–Crippen LogP) is 1.68. The van der Waals surface area contributed by atoms with Crippen molar-refractivity contribution in [2.75, 3.05) is 39.3 Å². The molecule has 7 heteroatoms. The third-order valence-corrected chi connectivity index (χ3v) is 3.72. The van der Waals surface area contributed by atoms with Gasteiger partial charge in [-0.3, -0.25) is 9.89 Å². The van der Waals surface area contributed by atoms with E-state index in [-0.39, 0.29) is 6.04 Å². The number of halogens is 3. The topological polar surface area (TPSA) is 30.9 Å². The van der Waals surface area contributed by atoms with Crippen molar-refractivity contribution in [3.05, 3.63) is 0 Å². The molecule has 0 saturated carbocycles. The number of hydrogen-bond acceptors (Lipinski definition) is 2. The Hall–Kier alpha value is -0.980. The van der Waals surface area contributed by atoms with E-state index in [0.29, 0.717) is 19.6 Å². The molecule has 116 valence electrons. The average molecular weight is 292 g/mol. The zero-order chi connectivity index (χ0) is 14.6. The van der Waals surface area contributed by atoms with Crippen LogP contribution in [0, 0.1) is 0 Å². The van der Waals surface area contributed by atoms with Crippen LogP contribution >= 0.6 is 0 Å². The van der Waals surface area contributed by atoms with Gasteiger partial charge in [0.2, 0.25) is 0 Å². The monoisotopic (exact) mass is 292 g/mol. The molecular weight excluding hydrogens is 269 g/mol. The van der Waals surface area contributed by atoms with Gasteiger partial charge >= 0.3 is 6.18 Å². The lowest BCUT2D eigenvalue weighted by molar-refractivity contribution is -0.143. The molecule has 2 aliphatic rings. The molecule has 2 fully saturated rings. The maximum Gasteiger partial charge on any atom is 0.401 e. The standard InChI is InChI=1S/C13H23F3N4/c1-2-17-12(20-6-3-4-7-20)18-11-5-8-19(9-11)10-13(14,15)16/h11H,2-10H2,1H3,(H,17,18). The van der Waals surface area contributed by atoms with E-state index in [1.54, 1.807) is 0 Å². The maximum absolute atomic E-state index is 12.4. The number of guanidine groups is 1. The van der Waals surface area contributed by atoms with Crippen molar-refractivity contribution in [1.82, 2.24) is 15.1 Å². The highest BCUT2D eigenvalue weighted by Gasteiger charge is 2.34. The number of rotatable bonds is 3. The maximum atomic E-state index is 12.4. The molecule has 4 nitrogen and oxygen atoms in total. The summed E-state index contributed by atoms with van der Waals surface area (Å²) in [7, 11) is 0. The van der Waals surface area contributed by atoms with Crippen LogP contribution in [0.1, 0.15) is 26.2 Å². The van der Waals surface area contributed by atoms with Crippen LogP contribution < -0.4 is 5.32 Å². The van der Waals surface area contributed by atoms with Gasteiger partial charge in [0.25, 0.3) is 0 Å². The van der Waals surface area contributed by atoms with Gasteiger partial charge in [-0.2, -0.15) is 13.2 Å². The third-order valence-electron chi connectivity index (χ3n) is 3.72. The Labute approximate surface area is 118 Å². The van der Waals surface area contributed by atoms with Gasteiger partial charge in [0.1, 0.15) is 0 Å². The van der Waals surface area contributed by atoms with Crippen LogP contribution in [0.5, 0.6) is 0 Å². The molecule has 0 bridgehead atoms. The van der Waals surface area contributed by atoms with Crippen molar-refractivity contribution in [2.24, 2.45) is 4.99 Å². The molecular formula is C13H23F3N4. The number of nitrogens with one attached hydrogen (secondary N) is 1. The quantitative estimate of drug-likeness (QED) is 0.634. The van der Waals surface area contributed by atoms with E-state index >= 15 is 0 Å². The van der Waals surface area contributed by atoms with E-state index in [1.165, 1.54) is 4.90 Å². The fraction of sp³-hybridized carbons (Fsp3) is 0.923. The van der Waals surface area contributed by atoms with Crippen molar-refractivity contribution in [3.8, 4) is 0 Å². The van der Waals surface area contributed by atoms with Gasteiger partial charge in [-0.05, 0) is 26.2 Å². The zero-order valence-corrected chi connectivity index (χ0v) is 11.9. The first-order valence-corrected chi connectivity index (χ1v) is 7.33. The molecule has 20 heavy (non-hydrogen) atoms. The first-order chi connectivity index (χ1) is 9.48. The Bertz CT molecular complexity index is 337. The number of alkyl halides is 3. The molecule has 2 heterocycles. The Morgan fingerprint density at radius 3 is 2.55 bits per heavy atom. The summed E-state index contributed by atoms with van der Waals surface area (Å²) in [5.41, 5.74) is 0. The molecule has 0 aromatic heterocycles. The van der Waals surface area contributed by atoms with E-state index < -0.39 is 12.7 Å². The summed E-state index contributed by atoms with van der Waals surface area (Å²) in [6.07, 6.45) is -1.04. The fourth-order valence-corrected chi connectivity index (χ4v) is 2.85. The summed E-state index contributed by atoms with van der Waals surface area (Å²) in [6.45, 7) is 4.78. The van der Waals surface area contributed by atoms with Crippen LogP contribution in [-0.2, 0) is 0 Å². The number of nitrogens with zero attached hydrogens (tertiary/aromatic N) is 3. The van der Waals surface area contributed by atoms with Crippen molar-refractivity contribution in [1.29, 1.82) is 0 Å². The Kier molecular flexibility index (Phi) is 5.12. The van der Waals surface area contributed by atoms with E-state index in [9.17, 15) is 13.2 Å². The van der Waals surface area contributed by atoms with E-state index in [2.05, 4.69) is 15.2 Å². The van der Waals surface area contributed by atoms with Gasteiger partial charge in [-0.25, -0.2) is 0 Å². The highest BCUT2D eigenvalue weighted by molar-refractivity contribution is 5.80. The summed E-state index contributed by atoms with van der Waals surface area (Å²) in [6, 6.07) is 0.0725. The summed E-state index contributed by atoms with van der Waals surface area (Å²) in [5.74, 6) is 0.865. The summed E-state index contributed by atoms with van der Waals surface area (Å²) in [4.78, 5) is 8.13. The predicted molar refractivity (Wildman–Crippen MR) is 72.8 cm³/mol. The van der Waals surface area contributed by atoms with Gasteiger partial charge in [0, 0.05) is 38.8 Å². The summed E-state index contributed by atoms with van der Waals surface area (Å²) >= 11 is 0. The minimum atomic E-state index is -4.11. The highest BCUT2D eigenvalue weighted by Crippen LogP contribution is 2.20. The van der Waals surface area contributed by atoms with Crippen LogP contribution in [0.15, 0.2) is 4.99 Å². The van der Waals surface area contributed by atoms with E-state index in [4.69, 9.17) is 0 Å². The molecule has 0 spiro atoms. The largest absolute Gasteiger partial charge is 0.401 e. The SMILES string of the molecule is CCN=C(NC1CCN(CC(F)(F)F)C1)N1CCCC1. The van der Waals surface area contributed by atoms with E-state index in [0.717, 1.165) is 38.3 Å². The molecule has 2 aliphatic heterocycles. The number of aliphatic imine (C=N–C) groups is 1. The second-order valence-corrected chi connectivity index (χ2v) is 5.47. The number of likely N-dealkylation sites (tertiary alicyclic amines) is 2. The van der Waals surface area contributed by atoms with Gasteiger partial charge in [0.15, 0.2) is 5.96 Å². The van der Waals surface area contributed by atoms with Crippen LogP contribution in [0.4, 0.5) is 13.2 Å². The van der Waals surface area contributed by atoms with Crippen molar-refractivity contribution < 1.29 is 13.2 Å². The number of hydrogen-bond donors (Lipinski definition) is 1. The molecule has 1 atom stereocenters. The molecule has 0 aromatic carbocycles. The molecule has 2 saturated heterocycles. The molecule has 0 aromatic rings. The van der Waals surface area contributed by atoms with Crippen molar-refractivity contribution in [2.45, 2.75) is 38.4 Å². The van der Waals surface area contributed by atoms with Crippen molar-refractivity contribution in [3.63, 3.8) is 0 Å². The molecule has 1 unspecified atom stereocenters. The van der Waals surface area contributed by atoms with Crippen LogP contribution in [0.25, 0.3) is 0 Å². The third kappa shape index (κ3) is 4.54. The summed E-state index contributed by atoms with van der Waals surface area (Å²) < 4.78 is 37.1. The van der Waals surface area contributed by atoms with Crippen molar-refractivity contribution >= 4 is 5.96 Å². The van der Waals surface area contributed by atoms with E-state index in [1.807, 2.05) is 6.92 Å². The average Bonchev–Trinajstić information content (AvgIpc) is 2.97. The molecule has 1 N–H and O–H groups in total. The second-order valence-electron chi connectivity index (χ2n) is 5.47. The second kappa shape index (κ2) is 6.65. The van der Waals surface area contributed by atoms with Crippen LogP contribution in [0.2, 0.25) is 0 Å². The van der Waals surface area contributed by atoms with Gasteiger partial charge < -0.3 is 10.2 Å². The minimum absolute atomic E-state index is 0.0725. The molecule has 0 aliphatic carbocycles. The van der Waals surface area contributed by atoms with Gasteiger partial charge in [0.05, 0.1) is 6.54 Å².